The third-order valence-corrected chi connectivity index (χ3v) is 4.17. The lowest BCUT2D eigenvalue weighted by Gasteiger charge is -2.04. The van der Waals surface area contributed by atoms with Gasteiger partial charge in [0, 0.05) is 23.7 Å². The molecular weight excluding hydrogens is 330 g/mol. The molecule has 0 radical (unpaired) electrons. The van der Waals surface area contributed by atoms with E-state index in [2.05, 4.69) is 15.1 Å². The second-order valence-electron chi connectivity index (χ2n) is 5.27. The summed E-state index contributed by atoms with van der Waals surface area (Å²) < 4.78 is 1.59. The number of nitrogens with zero attached hydrogens (tertiary/aromatic N) is 5. The predicted octanol–water partition coefficient (Wildman–Crippen LogP) is 3.84. The van der Waals surface area contributed by atoms with Crippen LogP contribution in [0.5, 0.6) is 0 Å². The molecule has 7 nitrogen and oxygen atoms in total. The summed E-state index contributed by atoms with van der Waals surface area (Å²) >= 11 is 6.53. The van der Waals surface area contributed by atoms with Gasteiger partial charge in [-0.1, -0.05) is 17.7 Å². The first-order valence-corrected chi connectivity index (χ1v) is 7.48. The van der Waals surface area contributed by atoms with Crippen LogP contribution in [-0.4, -0.2) is 24.7 Å². The second-order valence-corrected chi connectivity index (χ2v) is 5.65. The first-order valence-electron chi connectivity index (χ1n) is 7.10. The normalized spacial score (nSPS) is 11.2. The van der Waals surface area contributed by atoms with Gasteiger partial charge in [-0.25, -0.2) is 9.97 Å². The molecule has 0 bridgehead atoms. The number of rotatable bonds is 2. The fraction of sp³-hybridized carbons (Fsp3) is 0.0625. The van der Waals surface area contributed by atoms with Crippen molar-refractivity contribution in [1.82, 2.24) is 19.7 Å². The Bertz CT molecular complexity index is 1110. The van der Waals surface area contributed by atoms with E-state index >= 15 is 0 Å². The van der Waals surface area contributed by atoms with E-state index in [1.807, 2.05) is 13.0 Å². The molecule has 8 heteroatoms. The van der Waals surface area contributed by atoms with Gasteiger partial charge in [0.25, 0.3) is 5.69 Å². The van der Waals surface area contributed by atoms with Crippen LogP contribution in [-0.2, 0) is 0 Å². The zero-order chi connectivity index (χ0) is 16.8. The second kappa shape index (κ2) is 5.24. The van der Waals surface area contributed by atoms with E-state index in [9.17, 15) is 10.1 Å². The van der Waals surface area contributed by atoms with E-state index in [-0.39, 0.29) is 5.69 Å². The van der Waals surface area contributed by atoms with Gasteiger partial charge in [0.15, 0.2) is 11.5 Å². The van der Waals surface area contributed by atoms with Crippen molar-refractivity contribution in [2.45, 2.75) is 6.92 Å². The van der Waals surface area contributed by atoms with Crippen molar-refractivity contribution in [3.05, 3.63) is 63.4 Å². The van der Waals surface area contributed by atoms with Gasteiger partial charge in [0.05, 0.1) is 26.5 Å². The van der Waals surface area contributed by atoms with Crippen molar-refractivity contribution in [2.75, 3.05) is 0 Å². The molecule has 0 N–H and O–H groups in total. The van der Waals surface area contributed by atoms with Crippen LogP contribution >= 0.6 is 11.6 Å². The number of hydrogen-bond acceptors (Lipinski definition) is 5. The third-order valence-electron chi connectivity index (χ3n) is 3.78. The van der Waals surface area contributed by atoms with Crippen LogP contribution in [0.2, 0.25) is 5.02 Å². The topological polar surface area (TPSA) is 86.7 Å². The molecule has 0 saturated carbocycles. The van der Waals surface area contributed by atoms with Gasteiger partial charge in [0.1, 0.15) is 0 Å². The van der Waals surface area contributed by atoms with Crippen molar-refractivity contribution in [2.24, 2.45) is 0 Å². The molecule has 0 atom stereocenters. The Hall–Kier alpha value is -3.06. The number of fused-ring (bicyclic) bond motifs is 2. The van der Waals surface area contributed by atoms with Gasteiger partial charge in [-0.05, 0) is 25.1 Å². The van der Waals surface area contributed by atoms with Crippen LogP contribution in [0, 0.1) is 17.0 Å². The number of aryl methyl sites for hydroxylation is 1. The van der Waals surface area contributed by atoms with Crippen LogP contribution in [0.15, 0.2) is 42.6 Å². The molecule has 0 fully saturated rings. The van der Waals surface area contributed by atoms with Gasteiger partial charge >= 0.3 is 0 Å². The molecule has 0 aliphatic heterocycles. The maximum absolute atomic E-state index is 11.0. The molecule has 0 saturated heterocycles. The SMILES string of the molecule is Cc1nn(-c2ccccn2)c2nc3cc([N+](=O)[O-])ccc3c(Cl)c12. The van der Waals surface area contributed by atoms with Crippen LogP contribution in [0.1, 0.15) is 5.69 Å². The minimum Gasteiger partial charge on any atom is -0.258 e. The fourth-order valence-corrected chi connectivity index (χ4v) is 3.06. The van der Waals surface area contributed by atoms with Gasteiger partial charge in [0.2, 0.25) is 0 Å². The Morgan fingerprint density at radius 1 is 1.25 bits per heavy atom. The monoisotopic (exact) mass is 339 g/mol. The largest absolute Gasteiger partial charge is 0.271 e. The quantitative estimate of drug-likeness (QED) is 0.409. The van der Waals surface area contributed by atoms with Crippen molar-refractivity contribution in [3.63, 3.8) is 0 Å². The molecule has 24 heavy (non-hydrogen) atoms. The Balaban J connectivity index is 2.10. The summed E-state index contributed by atoms with van der Waals surface area (Å²) in [6.45, 7) is 1.84. The molecule has 0 aliphatic carbocycles. The van der Waals surface area contributed by atoms with E-state index < -0.39 is 4.92 Å². The van der Waals surface area contributed by atoms with Gasteiger partial charge < -0.3 is 0 Å². The lowest BCUT2D eigenvalue weighted by molar-refractivity contribution is -0.384. The molecule has 0 unspecified atom stereocenters. The highest BCUT2D eigenvalue weighted by Crippen LogP contribution is 2.34. The number of non-ortho nitro benzene ring substituents is 1. The lowest BCUT2D eigenvalue weighted by atomic mass is 10.1. The predicted molar refractivity (Wildman–Crippen MR) is 90.6 cm³/mol. The van der Waals surface area contributed by atoms with Crippen molar-refractivity contribution < 1.29 is 4.92 Å². The van der Waals surface area contributed by atoms with E-state index in [0.29, 0.717) is 38.5 Å². The Kier molecular flexibility index (Phi) is 3.17. The minimum atomic E-state index is -0.458. The van der Waals surface area contributed by atoms with E-state index in [1.165, 1.54) is 12.1 Å². The molecular formula is C16H10ClN5O2. The Morgan fingerprint density at radius 2 is 2.08 bits per heavy atom. The van der Waals surface area contributed by atoms with Crippen molar-refractivity contribution in [3.8, 4) is 5.82 Å². The standard InChI is InChI=1S/C16H10ClN5O2/c1-9-14-15(17)11-6-5-10(22(23)24)8-12(11)19-16(14)21(20-9)13-4-2-3-7-18-13/h2-8H,1H3. The minimum absolute atomic E-state index is 0.0361. The molecule has 0 aliphatic rings. The number of nitro groups is 1. The van der Waals surface area contributed by atoms with Crippen LogP contribution in [0.4, 0.5) is 5.69 Å². The van der Waals surface area contributed by atoms with Crippen LogP contribution in [0.3, 0.4) is 0 Å². The highest BCUT2D eigenvalue weighted by atomic mass is 35.5. The molecule has 4 rings (SSSR count). The summed E-state index contributed by atoms with van der Waals surface area (Å²) in [6, 6.07) is 9.89. The van der Waals surface area contributed by atoms with Gasteiger partial charge in [-0.3, -0.25) is 10.1 Å². The van der Waals surface area contributed by atoms with Crippen molar-refractivity contribution >= 4 is 39.2 Å². The number of halogens is 1. The smallest absolute Gasteiger partial charge is 0.258 e. The lowest BCUT2D eigenvalue weighted by Crippen LogP contribution is -2.00. The molecule has 3 aromatic heterocycles. The van der Waals surface area contributed by atoms with Gasteiger partial charge in [-0.15, -0.1) is 0 Å². The third kappa shape index (κ3) is 2.10. The summed E-state index contributed by atoms with van der Waals surface area (Å²) in [6.07, 6.45) is 1.66. The number of nitro benzene ring substituents is 1. The summed E-state index contributed by atoms with van der Waals surface area (Å²) in [5.74, 6) is 0.601. The summed E-state index contributed by atoms with van der Waals surface area (Å²) in [5, 5.41) is 17.3. The summed E-state index contributed by atoms with van der Waals surface area (Å²) in [7, 11) is 0. The number of benzene rings is 1. The zero-order valence-corrected chi connectivity index (χ0v) is 13.2. The first kappa shape index (κ1) is 14.5. The number of aromatic nitrogens is 4. The Labute approximate surface area is 140 Å². The van der Waals surface area contributed by atoms with E-state index in [1.54, 1.807) is 29.1 Å². The number of hydrogen-bond donors (Lipinski definition) is 0. The highest BCUT2D eigenvalue weighted by Gasteiger charge is 2.18. The molecule has 1 aromatic carbocycles. The van der Waals surface area contributed by atoms with Crippen LogP contribution < -0.4 is 0 Å². The highest BCUT2D eigenvalue weighted by molar-refractivity contribution is 6.40. The molecule has 0 spiro atoms. The maximum Gasteiger partial charge on any atom is 0.271 e. The molecule has 0 amide bonds. The average molecular weight is 340 g/mol. The average Bonchev–Trinajstić information content (AvgIpc) is 2.92. The zero-order valence-electron chi connectivity index (χ0n) is 12.5. The van der Waals surface area contributed by atoms with Crippen LogP contribution in [0.25, 0.3) is 27.8 Å². The van der Waals surface area contributed by atoms with Crippen molar-refractivity contribution in [1.29, 1.82) is 0 Å². The first-order chi connectivity index (χ1) is 11.6. The molecule has 4 aromatic rings. The summed E-state index contributed by atoms with van der Waals surface area (Å²) in [4.78, 5) is 19.4. The number of pyridine rings is 2. The fourth-order valence-electron chi connectivity index (χ4n) is 2.67. The Morgan fingerprint density at radius 3 is 2.79 bits per heavy atom. The molecule has 118 valence electrons. The molecule has 3 heterocycles. The maximum atomic E-state index is 11.0. The summed E-state index contributed by atoms with van der Waals surface area (Å²) in [5.41, 5.74) is 1.64. The van der Waals surface area contributed by atoms with E-state index in [4.69, 9.17) is 11.6 Å². The van der Waals surface area contributed by atoms with Gasteiger partial charge in [-0.2, -0.15) is 9.78 Å². The van der Waals surface area contributed by atoms with E-state index in [0.717, 1.165) is 0 Å².